The zero-order chi connectivity index (χ0) is 14.5. The molecule has 0 atom stereocenters. The summed E-state index contributed by atoms with van der Waals surface area (Å²) in [4.78, 5) is 11.7. The fourth-order valence-electron chi connectivity index (χ4n) is 1.71. The molecular weight excluding hydrogens is 269 g/mol. The average molecular weight is 280 g/mol. The maximum Gasteiger partial charge on any atom is 0.194 e. The van der Waals surface area contributed by atoms with Crippen molar-refractivity contribution in [2.24, 2.45) is 0 Å². The first-order valence-corrected chi connectivity index (χ1v) is 5.88. The lowest BCUT2D eigenvalue weighted by atomic mass is 10.1. The lowest BCUT2D eigenvalue weighted by Gasteiger charge is -2.06. The molecule has 0 saturated carbocycles. The van der Waals surface area contributed by atoms with E-state index in [1.165, 1.54) is 24.3 Å². The highest BCUT2D eigenvalue weighted by Crippen LogP contribution is 2.13. The SMILES string of the molecule is O=C(COCc1ccccc1F)c1c(F)cccc1F. The van der Waals surface area contributed by atoms with E-state index in [4.69, 9.17) is 4.74 Å². The van der Waals surface area contributed by atoms with Crippen LogP contribution >= 0.6 is 0 Å². The molecule has 0 heterocycles. The second-order valence-electron chi connectivity index (χ2n) is 4.10. The maximum atomic E-state index is 13.3. The first-order valence-electron chi connectivity index (χ1n) is 5.88. The summed E-state index contributed by atoms with van der Waals surface area (Å²) < 4.78 is 45.0. The van der Waals surface area contributed by atoms with E-state index in [-0.39, 0.29) is 12.2 Å². The molecule has 104 valence electrons. The largest absolute Gasteiger partial charge is 0.369 e. The van der Waals surface area contributed by atoms with Crippen LogP contribution in [0, 0.1) is 17.5 Å². The highest BCUT2D eigenvalue weighted by Gasteiger charge is 2.17. The van der Waals surface area contributed by atoms with E-state index >= 15 is 0 Å². The summed E-state index contributed by atoms with van der Waals surface area (Å²) in [5, 5.41) is 0. The van der Waals surface area contributed by atoms with E-state index in [0.717, 1.165) is 12.1 Å². The van der Waals surface area contributed by atoms with Crippen LogP contribution in [0.25, 0.3) is 0 Å². The van der Waals surface area contributed by atoms with Crippen LogP contribution in [0.15, 0.2) is 42.5 Å². The van der Waals surface area contributed by atoms with Crippen LogP contribution in [0.3, 0.4) is 0 Å². The number of Topliss-reactive ketones (excluding diaryl/α,β-unsaturated/α-hetero) is 1. The monoisotopic (exact) mass is 280 g/mol. The lowest BCUT2D eigenvalue weighted by Crippen LogP contribution is -2.13. The third kappa shape index (κ3) is 3.24. The van der Waals surface area contributed by atoms with Crippen molar-refractivity contribution >= 4 is 5.78 Å². The van der Waals surface area contributed by atoms with E-state index in [1.54, 1.807) is 6.07 Å². The number of carbonyl (C=O) groups excluding carboxylic acids is 1. The molecule has 0 fully saturated rings. The Labute approximate surface area is 113 Å². The predicted molar refractivity (Wildman–Crippen MR) is 66.7 cm³/mol. The van der Waals surface area contributed by atoms with Gasteiger partial charge in [0.25, 0.3) is 0 Å². The molecule has 20 heavy (non-hydrogen) atoms. The van der Waals surface area contributed by atoms with Gasteiger partial charge in [0.1, 0.15) is 24.1 Å². The molecule has 0 aliphatic carbocycles. The van der Waals surface area contributed by atoms with Gasteiger partial charge in [0, 0.05) is 5.56 Å². The van der Waals surface area contributed by atoms with Crippen LogP contribution in [-0.2, 0) is 11.3 Å². The summed E-state index contributed by atoms with van der Waals surface area (Å²) in [6, 6.07) is 9.07. The van der Waals surface area contributed by atoms with Crippen molar-refractivity contribution < 1.29 is 22.7 Å². The zero-order valence-corrected chi connectivity index (χ0v) is 10.4. The van der Waals surface area contributed by atoms with Crippen molar-refractivity contribution in [3.05, 3.63) is 71.0 Å². The Kier molecular flexibility index (Phi) is 4.53. The van der Waals surface area contributed by atoms with Crippen LogP contribution in [0.4, 0.5) is 13.2 Å². The molecule has 0 aliphatic rings. The molecule has 2 nitrogen and oxygen atoms in total. The van der Waals surface area contributed by atoms with E-state index in [9.17, 15) is 18.0 Å². The molecule has 2 rings (SSSR count). The fourth-order valence-corrected chi connectivity index (χ4v) is 1.71. The van der Waals surface area contributed by atoms with Gasteiger partial charge in [-0.15, -0.1) is 0 Å². The van der Waals surface area contributed by atoms with Gasteiger partial charge >= 0.3 is 0 Å². The average Bonchev–Trinajstić information content (AvgIpc) is 2.41. The van der Waals surface area contributed by atoms with Gasteiger partial charge in [0.15, 0.2) is 5.78 Å². The number of hydrogen-bond donors (Lipinski definition) is 0. The van der Waals surface area contributed by atoms with Gasteiger partial charge in [-0.25, -0.2) is 13.2 Å². The Balaban J connectivity index is 1.98. The molecule has 0 aromatic heterocycles. The van der Waals surface area contributed by atoms with Crippen LogP contribution in [-0.4, -0.2) is 12.4 Å². The molecule has 0 saturated heterocycles. The maximum absolute atomic E-state index is 13.3. The molecule has 0 unspecified atom stereocenters. The third-order valence-corrected chi connectivity index (χ3v) is 2.69. The van der Waals surface area contributed by atoms with E-state index in [1.807, 2.05) is 0 Å². The number of carbonyl (C=O) groups is 1. The van der Waals surface area contributed by atoms with E-state index < -0.39 is 35.4 Å². The zero-order valence-electron chi connectivity index (χ0n) is 10.4. The molecule has 0 spiro atoms. The van der Waals surface area contributed by atoms with Crippen molar-refractivity contribution in [3.63, 3.8) is 0 Å². The highest BCUT2D eigenvalue weighted by molar-refractivity contribution is 5.97. The molecule has 0 aliphatic heterocycles. The second-order valence-corrected chi connectivity index (χ2v) is 4.10. The molecule has 0 bridgehead atoms. The third-order valence-electron chi connectivity index (χ3n) is 2.69. The minimum absolute atomic E-state index is 0.144. The summed E-state index contributed by atoms with van der Waals surface area (Å²) in [6.07, 6.45) is 0. The van der Waals surface area contributed by atoms with Crippen LogP contribution in [0.5, 0.6) is 0 Å². The smallest absolute Gasteiger partial charge is 0.194 e. The highest BCUT2D eigenvalue weighted by atomic mass is 19.1. The van der Waals surface area contributed by atoms with Crippen molar-refractivity contribution in [1.29, 1.82) is 0 Å². The summed E-state index contributed by atoms with van der Waals surface area (Å²) in [6.45, 7) is -0.666. The minimum atomic E-state index is -0.940. The van der Waals surface area contributed by atoms with E-state index in [0.29, 0.717) is 0 Å². The molecule has 0 N–H and O–H groups in total. The van der Waals surface area contributed by atoms with Crippen molar-refractivity contribution in [2.75, 3.05) is 6.61 Å². The van der Waals surface area contributed by atoms with Crippen LogP contribution < -0.4 is 0 Å². The minimum Gasteiger partial charge on any atom is -0.369 e. The summed E-state index contributed by atoms with van der Waals surface area (Å²) in [5.74, 6) is -3.16. The summed E-state index contributed by atoms with van der Waals surface area (Å²) in [7, 11) is 0. The summed E-state index contributed by atoms with van der Waals surface area (Å²) >= 11 is 0. The normalized spacial score (nSPS) is 10.6. The number of benzene rings is 2. The number of hydrogen-bond acceptors (Lipinski definition) is 2. The van der Waals surface area contributed by atoms with E-state index in [2.05, 4.69) is 0 Å². The first kappa shape index (κ1) is 14.3. The van der Waals surface area contributed by atoms with Gasteiger partial charge in [-0.1, -0.05) is 24.3 Å². The van der Waals surface area contributed by atoms with Gasteiger partial charge in [0.2, 0.25) is 0 Å². The molecule has 0 radical (unpaired) electrons. The van der Waals surface area contributed by atoms with Crippen LogP contribution in [0.2, 0.25) is 0 Å². The number of rotatable bonds is 5. The predicted octanol–water partition coefficient (Wildman–Crippen LogP) is 3.50. The molecule has 0 amide bonds. The van der Waals surface area contributed by atoms with Crippen LogP contribution in [0.1, 0.15) is 15.9 Å². The molecule has 5 heteroatoms. The quantitative estimate of drug-likeness (QED) is 0.783. The molecule has 2 aromatic rings. The fraction of sp³-hybridized carbons (Fsp3) is 0.133. The Morgan fingerprint density at radius 3 is 2.15 bits per heavy atom. The molecular formula is C15H11F3O2. The number of halogens is 3. The standard InChI is InChI=1S/C15H11F3O2/c16-11-5-2-1-4-10(11)8-20-9-14(19)15-12(17)6-3-7-13(15)18/h1-7H,8-9H2. The first-order chi connectivity index (χ1) is 9.59. The second kappa shape index (κ2) is 6.34. The van der Waals surface area contributed by atoms with Gasteiger partial charge < -0.3 is 4.74 Å². The van der Waals surface area contributed by atoms with Gasteiger partial charge in [-0.05, 0) is 18.2 Å². The Hall–Kier alpha value is -2.14. The van der Waals surface area contributed by atoms with Crippen molar-refractivity contribution in [1.82, 2.24) is 0 Å². The van der Waals surface area contributed by atoms with Gasteiger partial charge in [-0.2, -0.15) is 0 Å². The Morgan fingerprint density at radius 2 is 1.50 bits per heavy atom. The Bertz CT molecular complexity index is 606. The lowest BCUT2D eigenvalue weighted by molar-refractivity contribution is 0.0713. The summed E-state index contributed by atoms with van der Waals surface area (Å²) in [5.41, 5.74) is -0.365. The van der Waals surface area contributed by atoms with Crippen molar-refractivity contribution in [2.45, 2.75) is 6.61 Å². The Morgan fingerprint density at radius 1 is 0.900 bits per heavy atom. The van der Waals surface area contributed by atoms with Gasteiger partial charge in [0.05, 0.1) is 12.2 Å². The number of ether oxygens (including phenoxy) is 1. The van der Waals surface area contributed by atoms with Crippen molar-refractivity contribution in [3.8, 4) is 0 Å². The molecule has 2 aromatic carbocycles. The van der Waals surface area contributed by atoms with Gasteiger partial charge in [-0.3, -0.25) is 4.79 Å². The number of ketones is 1. The topological polar surface area (TPSA) is 26.3 Å².